The van der Waals surface area contributed by atoms with Crippen LogP contribution in [-0.4, -0.2) is 20.6 Å². The Morgan fingerprint density at radius 3 is 2.59 bits per heavy atom. The van der Waals surface area contributed by atoms with E-state index >= 15 is 0 Å². The molecule has 0 aliphatic heterocycles. The molecule has 0 radical (unpaired) electrons. The molecular formula is C22H17IN2O3S. The highest BCUT2D eigenvalue weighted by atomic mass is 127. The fourth-order valence-corrected chi connectivity index (χ4v) is 4.28. The summed E-state index contributed by atoms with van der Waals surface area (Å²) in [5, 5.41) is 10.0. The van der Waals surface area contributed by atoms with Gasteiger partial charge in [-0.25, -0.2) is 9.78 Å². The maximum atomic E-state index is 11.9. The van der Waals surface area contributed by atoms with Crippen LogP contribution in [0.3, 0.4) is 0 Å². The number of halogens is 1. The fraction of sp³-hybridized carbons (Fsp3) is 0.0909. The quantitative estimate of drug-likeness (QED) is 0.199. The second-order valence-corrected chi connectivity index (χ2v) is 8.74. The van der Waals surface area contributed by atoms with Gasteiger partial charge in [-0.2, -0.15) is 0 Å². The Morgan fingerprint density at radius 1 is 1.17 bits per heavy atom. The van der Waals surface area contributed by atoms with Gasteiger partial charge in [0, 0.05) is 20.6 Å². The number of oxazole rings is 1. The number of aliphatic carboxylic acids is 1. The lowest BCUT2D eigenvalue weighted by atomic mass is 10.2. The van der Waals surface area contributed by atoms with E-state index in [-0.39, 0.29) is 4.91 Å². The molecule has 29 heavy (non-hydrogen) atoms. The molecule has 4 rings (SSSR count). The number of carbonyl (C=O) groups is 1. The molecular weight excluding hydrogens is 499 g/mol. The number of thioether (sulfide) groups is 1. The van der Waals surface area contributed by atoms with Crippen LogP contribution in [0.2, 0.25) is 0 Å². The molecule has 1 N–H and O–H groups in total. The van der Waals surface area contributed by atoms with Gasteiger partial charge in [-0.05, 0) is 102 Å². The molecule has 0 aliphatic carbocycles. The number of fused-ring (bicyclic) bond motifs is 1. The van der Waals surface area contributed by atoms with Crippen molar-refractivity contribution in [1.29, 1.82) is 0 Å². The number of hydrogen-bond donors (Lipinski definition) is 1. The van der Waals surface area contributed by atoms with Crippen molar-refractivity contribution in [2.45, 2.75) is 19.1 Å². The van der Waals surface area contributed by atoms with Crippen LogP contribution in [-0.2, 0) is 4.79 Å². The number of carboxylic acid groups (broad SMARTS) is 1. The molecule has 0 aliphatic rings. The van der Waals surface area contributed by atoms with Crippen molar-refractivity contribution < 1.29 is 14.3 Å². The van der Waals surface area contributed by atoms with E-state index < -0.39 is 5.97 Å². The largest absolute Gasteiger partial charge is 0.477 e. The summed E-state index contributed by atoms with van der Waals surface area (Å²) < 4.78 is 8.95. The maximum absolute atomic E-state index is 11.9. The van der Waals surface area contributed by atoms with Crippen molar-refractivity contribution in [1.82, 2.24) is 9.55 Å². The van der Waals surface area contributed by atoms with Gasteiger partial charge in [0.25, 0.3) is 5.22 Å². The third-order valence-electron chi connectivity index (χ3n) is 4.52. The van der Waals surface area contributed by atoms with E-state index in [2.05, 4.69) is 56.4 Å². The van der Waals surface area contributed by atoms with Crippen LogP contribution in [0.25, 0.3) is 22.9 Å². The first kappa shape index (κ1) is 19.8. The van der Waals surface area contributed by atoms with E-state index in [1.54, 1.807) is 6.08 Å². The van der Waals surface area contributed by atoms with Crippen molar-refractivity contribution in [3.63, 3.8) is 0 Å². The number of aromatic nitrogens is 2. The van der Waals surface area contributed by atoms with Crippen LogP contribution in [0.5, 0.6) is 0 Å². The summed E-state index contributed by atoms with van der Waals surface area (Å²) in [6, 6.07) is 17.6. The Morgan fingerprint density at radius 2 is 1.90 bits per heavy atom. The van der Waals surface area contributed by atoms with Gasteiger partial charge in [-0.3, -0.25) is 0 Å². The van der Waals surface area contributed by atoms with E-state index in [0.717, 1.165) is 38.0 Å². The van der Waals surface area contributed by atoms with Crippen LogP contribution in [0, 0.1) is 17.4 Å². The number of benzene rings is 2. The molecule has 0 fully saturated rings. The molecule has 0 spiro atoms. The zero-order chi connectivity index (χ0) is 20.5. The minimum Gasteiger partial charge on any atom is -0.477 e. The molecule has 0 saturated heterocycles. The Labute approximate surface area is 185 Å². The molecule has 7 heteroatoms. The predicted octanol–water partition coefficient (Wildman–Crippen LogP) is 6.06. The van der Waals surface area contributed by atoms with Gasteiger partial charge in [0.15, 0.2) is 5.58 Å². The SMILES string of the molecule is Cc1cc(/C=C(\Sc2nc3ccccc3o2)C(=O)O)c(C)n1-c1ccc(I)cc1. The molecule has 4 aromatic rings. The first-order valence-corrected chi connectivity index (χ1v) is 10.7. The lowest BCUT2D eigenvalue weighted by Crippen LogP contribution is -2.00. The molecule has 0 amide bonds. The fourth-order valence-electron chi connectivity index (χ4n) is 3.19. The Balaban J connectivity index is 1.71. The highest BCUT2D eigenvalue weighted by molar-refractivity contribution is 14.1. The maximum Gasteiger partial charge on any atom is 0.342 e. The highest BCUT2D eigenvalue weighted by Gasteiger charge is 2.17. The van der Waals surface area contributed by atoms with Gasteiger partial charge in [0.2, 0.25) is 0 Å². The average Bonchev–Trinajstić information content (AvgIpc) is 3.22. The van der Waals surface area contributed by atoms with Crippen LogP contribution < -0.4 is 0 Å². The van der Waals surface area contributed by atoms with Gasteiger partial charge in [-0.15, -0.1) is 0 Å². The smallest absolute Gasteiger partial charge is 0.342 e. The summed E-state index contributed by atoms with van der Waals surface area (Å²) in [5.41, 5.74) is 5.24. The number of para-hydroxylation sites is 2. The number of rotatable bonds is 5. The molecule has 2 heterocycles. The second-order valence-electron chi connectivity index (χ2n) is 6.50. The topological polar surface area (TPSA) is 68.3 Å². The van der Waals surface area contributed by atoms with Crippen LogP contribution in [0.15, 0.2) is 69.1 Å². The van der Waals surface area contributed by atoms with E-state index in [9.17, 15) is 9.90 Å². The first-order chi connectivity index (χ1) is 13.9. The normalized spacial score (nSPS) is 11.9. The highest BCUT2D eigenvalue weighted by Crippen LogP contribution is 2.32. The second kappa shape index (κ2) is 8.08. The molecule has 2 aromatic heterocycles. The molecule has 0 atom stereocenters. The Bertz CT molecular complexity index is 1210. The third-order valence-corrected chi connectivity index (χ3v) is 6.10. The van der Waals surface area contributed by atoms with Crippen LogP contribution in [0.4, 0.5) is 0 Å². The lowest BCUT2D eigenvalue weighted by molar-refractivity contribution is -0.131. The Hall–Kier alpha value is -2.52. The number of nitrogens with zero attached hydrogens (tertiary/aromatic N) is 2. The molecule has 0 unspecified atom stereocenters. The first-order valence-electron chi connectivity index (χ1n) is 8.85. The van der Waals surface area contributed by atoms with Crippen molar-refractivity contribution in [2.24, 2.45) is 0 Å². The minimum absolute atomic E-state index is 0.152. The number of carboxylic acids is 1. The van der Waals surface area contributed by atoms with Crippen molar-refractivity contribution in [3.05, 3.63) is 80.0 Å². The standard InChI is InChI=1S/C22H17IN2O3S/c1-13-11-15(14(2)25(13)17-9-7-16(23)8-10-17)12-20(21(26)27)29-22-24-18-5-3-4-6-19(18)28-22/h3-12H,1-2H3,(H,26,27)/b20-12-. The number of hydrogen-bond acceptors (Lipinski definition) is 4. The van der Waals surface area contributed by atoms with Gasteiger partial charge in [0.05, 0.1) is 0 Å². The van der Waals surface area contributed by atoms with Crippen molar-refractivity contribution in [2.75, 3.05) is 0 Å². The number of aryl methyl sites for hydroxylation is 1. The zero-order valence-corrected chi connectivity index (χ0v) is 18.7. The van der Waals surface area contributed by atoms with Crippen molar-refractivity contribution >= 4 is 57.5 Å². The van der Waals surface area contributed by atoms with Gasteiger partial charge >= 0.3 is 5.97 Å². The molecule has 5 nitrogen and oxygen atoms in total. The lowest BCUT2D eigenvalue weighted by Gasteiger charge is -2.09. The zero-order valence-electron chi connectivity index (χ0n) is 15.7. The third kappa shape index (κ3) is 4.11. The van der Waals surface area contributed by atoms with Crippen LogP contribution >= 0.6 is 34.4 Å². The summed E-state index contributed by atoms with van der Waals surface area (Å²) in [6.45, 7) is 4.00. The summed E-state index contributed by atoms with van der Waals surface area (Å²) in [6.07, 6.45) is 1.67. The van der Waals surface area contributed by atoms with Gasteiger partial charge in [0.1, 0.15) is 10.4 Å². The summed E-state index contributed by atoms with van der Waals surface area (Å²) in [7, 11) is 0. The molecule has 0 bridgehead atoms. The van der Waals surface area contributed by atoms with E-state index in [1.165, 1.54) is 0 Å². The van der Waals surface area contributed by atoms with E-state index in [0.29, 0.717) is 16.3 Å². The van der Waals surface area contributed by atoms with Crippen molar-refractivity contribution in [3.8, 4) is 5.69 Å². The van der Waals surface area contributed by atoms with E-state index in [4.69, 9.17) is 4.42 Å². The monoisotopic (exact) mass is 516 g/mol. The van der Waals surface area contributed by atoms with E-state index in [1.807, 2.05) is 44.2 Å². The summed E-state index contributed by atoms with van der Waals surface area (Å²) in [5.74, 6) is -1.02. The summed E-state index contributed by atoms with van der Waals surface area (Å²) >= 11 is 3.29. The Kier molecular flexibility index (Phi) is 5.51. The molecule has 0 saturated carbocycles. The molecule has 2 aromatic carbocycles. The predicted molar refractivity (Wildman–Crippen MR) is 123 cm³/mol. The van der Waals surface area contributed by atoms with Gasteiger partial charge < -0.3 is 14.1 Å². The van der Waals surface area contributed by atoms with Crippen LogP contribution in [0.1, 0.15) is 17.0 Å². The minimum atomic E-state index is -1.02. The van der Waals surface area contributed by atoms with Gasteiger partial charge in [-0.1, -0.05) is 12.1 Å². The molecule has 146 valence electrons. The average molecular weight is 516 g/mol. The summed E-state index contributed by atoms with van der Waals surface area (Å²) in [4.78, 5) is 16.4.